The van der Waals surface area contributed by atoms with Crippen LogP contribution in [0.5, 0.6) is 17.2 Å². The van der Waals surface area contributed by atoms with E-state index in [0.29, 0.717) is 24.5 Å². The van der Waals surface area contributed by atoms with Crippen molar-refractivity contribution in [2.45, 2.75) is 18.9 Å². The van der Waals surface area contributed by atoms with E-state index in [2.05, 4.69) is 21.9 Å². The lowest BCUT2D eigenvalue weighted by Gasteiger charge is -2.38. The van der Waals surface area contributed by atoms with Crippen LogP contribution in [0, 0.1) is 0 Å². The summed E-state index contributed by atoms with van der Waals surface area (Å²) in [4.78, 5) is 31.6. The molecule has 2 saturated heterocycles. The number of carbonyl (C=O) groups is 2. The molecule has 33 heavy (non-hydrogen) atoms. The second kappa shape index (κ2) is 10.1. The van der Waals surface area contributed by atoms with Crippen molar-refractivity contribution in [1.82, 2.24) is 9.80 Å². The van der Waals surface area contributed by atoms with Crippen molar-refractivity contribution in [1.29, 1.82) is 0 Å². The monoisotopic (exact) mass is 453 g/mol. The highest BCUT2D eigenvalue weighted by Gasteiger charge is 2.42. The number of methoxy groups -OCH3 is 3. The maximum Gasteiger partial charge on any atom is 0.247 e. The number of hydrogen-bond acceptors (Lipinski definition) is 7. The maximum absolute atomic E-state index is 13.1. The molecule has 2 fully saturated rings. The first kappa shape index (κ1) is 22.9. The normalized spacial score (nSPS) is 19.2. The Morgan fingerprint density at radius 2 is 1.55 bits per heavy atom. The van der Waals surface area contributed by atoms with Crippen molar-refractivity contribution in [3.63, 3.8) is 0 Å². The molecule has 176 valence electrons. The number of imide groups is 1. The van der Waals surface area contributed by atoms with Gasteiger partial charge in [-0.3, -0.25) is 19.4 Å². The van der Waals surface area contributed by atoms with Crippen LogP contribution in [0.2, 0.25) is 0 Å². The standard InChI is InChI=1S/C25H31N3O5/c1-31-20-7-5-19(6-8-20)26-12-14-27(15-13-26)21-17-24(29)28(25(21)30)11-10-18-4-9-22(32-2)23(16-18)33-3/h4-9,16,21H,10-15,17H2,1-3H3. The van der Waals surface area contributed by atoms with Crippen molar-refractivity contribution in [3.8, 4) is 17.2 Å². The zero-order valence-electron chi connectivity index (χ0n) is 19.5. The van der Waals surface area contributed by atoms with Crippen molar-refractivity contribution < 1.29 is 23.8 Å². The SMILES string of the molecule is COc1ccc(N2CCN(C3CC(=O)N(CCc4ccc(OC)c(OC)c4)C3=O)CC2)cc1. The third-order valence-electron chi connectivity index (χ3n) is 6.48. The van der Waals surface area contributed by atoms with Gasteiger partial charge < -0.3 is 19.1 Å². The highest BCUT2D eigenvalue weighted by molar-refractivity contribution is 6.05. The molecule has 0 aromatic heterocycles. The van der Waals surface area contributed by atoms with Crippen LogP contribution in [0.3, 0.4) is 0 Å². The Hall–Kier alpha value is -3.26. The van der Waals surface area contributed by atoms with Gasteiger partial charge >= 0.3 is 0 Å². The highest BCUT2D eigenvalue weighted by Crippen LogP contribution is 2.28. The molecule has 1 atom stereocenters. The summed E-state index contributed by atoms with van der Waals surface area (Å²) in [5.74, 6) is 1.95. The lowest BCUT2D eigenvalue weighted by atomic mass is 10.1. The zero-order valence-corrected chi connectivity index (χ0v) is 19.5. The van der Waals surface area contributed by atoms with Gasteiger partial charge in [-0.05, 0) is 48.4 Å². The second-order valence-electron chi connectivity index (χ2n) is 8.26. The number of piperazine rings is 1. The molecule has 8 heteroatoms. The number of carbonyl (C=O) groups excluding carboxylic acids is 2. The van der Waals surface area contributed by atoms with Crippen LogP contribution in [0.4, 0.5) is 5.69 Å². The van der Waals surface area contributed by atoms with Crippen molar-refractivity contribution in [3.05, 3.63) is 48.0 Å². The average Bonchev–Trinajstić information content (AvgIpc) is 3.15. The Labute approximate surface area is 194 Å². The number of anilines is 1. The number of benzene rings is 2. The van der Waals surface area contributed by atoms with E-state index in [-0.39, 0.29) is 24.3 Å². The van der Waals surface area contributed by atoms with Crippen LogP contribution in [0.25, 0.3) is 0 Å². The Morgan fingerprint density at radius 1 is 0.848 bits per heavy atom. The lowest BCUT2D eigenvalue weighted by Crippen LogP contribution is -2.52. The zero-order chi connectivity index (χ0) is 23.4. The third-order valence-corrected chi connectivity index (χ3v) is 6.48. The molecular formula is C25H31N3O5. The van der Waals surface area contributed by atoms with E-state index in [1.807, 2.05) is 30.3 Å². The van der Waals surface area contributed by atoms with Gasteiger partial charge in [-0.15, -0.1) is 0 Å². The van der Waals surface area contributed by atoms with Gasteiger partial charge in [0.1, 0.15) is 5.75 Å². The summed E-state index contributed by atoms with van der Waals surface area (Å²) >= 11 is 0. The van der Waals surface area contributed by atoms with Crippen LogP contribution in [0.15, 0.2) is 42.5 Å². The molecule has 0 radical (unpaired) electrons. The molecule has 4 rings (SSSR count). The summed E-state index contributed by atoms with van der Waals surface area (Å²) in [6.07, 6.45) is 0.836. The molecule has 0 N–H and O–H groups in total. The first-order valence-electron chi connectivity index (χ1n) is 11.2. The molecule has 1 unspecified atom stereocenters. The largest absolute Gasteiger partial charge is 0.497 e. The number of rotatable bonds is 8. The molecule has 2 aliphatic heterocycles. The van der Waals surface area contributed by atoms with Crippen molar-refractivity contribution >= 4 is 17.5 Å². The van der Waals surface area contributed by atoms with Gasteiger partial charge in [-0.25, -0.2) is 0 Å². The summed E-state index contributed by atoms with van der Waals surface area (Å²) in [5, 5.41) is 0. The van der Waals surface area contributed by atoms with Gasteiger partial charge in [0, 0.05) is 38.4 Å². The van der Waals surface area contributed by atoms with E-state index >= 15 is 0 Å². The van der Waals surface area contributed by atoms with E-state index in [9.17, 15) is 9.59 Å². The van der Waals surface area contributed by atoms with Gasteiger partial charge in [-0.1, -0.05) is 6.07 Å². The minimum Gasteiger partial charge on any atom is -0.497 e. The van der Waals surface area contributed by atoms with E-state index in [4.69, 9.17) is 14.2 Å². The lowest BCUT2D eigenvalue weighted by molar-refractivity contribution is -0.139. The van der Waals surface area contributed by atoms with E-state index in [1.54, 1.807) is 21.3 Å². The Kier molecular flexibility index (Phi) is 7.03. The minimum atomic E-state index is -0.360. The molecule has 2 aliphatic rings. The van der Waals surface area contributed by atoms with Gasteiger partial charge in [0.2, 0.25) is 11.8 Å². The molecule has 0 spiro atoms. The van der Waals surface area contributed by atoms with Gasteiger partial charge in [0.25, 0.3) is 0 Å². The number of hydrogen-bond donors (Lipinski definition) is 0. The average molecular weight is 454 g/mol. The first-order valence-corrected chi connectivity index (χ1v) is 11.2. The quantitative estimate of drug-likeness (QED) is 0.568. The summed E-state index contributed by atoms with van der Waals surface area (Å²) in [7, 11) is 4.84. The smallest absolute Gasteiger partial charge is 0.247 e. The maximum atomic E-state index is 13.1. The summed E-state index contributed by atoms with van der Waals surface area (Å²) in [6.45, 7) is 3.50. The molecule has 0 aliphatic carbocycles. The van der Waals surface area contributed by atoms with Crippen LogP contribution in [-0.4, -0.2) is 81.7 Å². The van der Waals surface area contributed by atoms with Gasteiger partial charge in [0.15, 0.2) is 11.5 Å². The van der Waals surface area contributed by atoms with Crippen LogP contribution < -0.4 is 19.1 Å². The molecule has 2 aromatic rings. The van der Waals surface area contributed by atoms with Crippen LogP contribution in [0.1, 0.15) is 12.0 Å². The Bertz CT molecular complexity index is 986. The van der Waals surface area contributed by atoms with E-state index < -0.39 is 0 Å². The predicted molar refractivity (Wildman–Crippen MR) is 125 cm³/mol. The van der Waals surface area contributed by atoms with Crippen LogP contribution in [-0.2, 0) is 16.0 Å². The van der Waals surface area contributed by atoms with Crippen LogP contribution >= 0.6 is 0 Å². The molecule has 8 nitrogen and oxygen atoms in total. The Morgan fingerprint density at radius 3 is 2.18 bits per heavy atom. The fraction of sp³-hybridized carbons (Fsp3) is 0.440. The molecular weight excluding hydrogens is 422 g/mol. The summed E-state index contributed by atoms with van der Waals surface area (Å²) in [5.41, 5.74) is 2.13. The fourth-order valence-corrected chi connectivity index (χ4v) is 4.55. The number of likely N-dealkylation sites (tertiary alicyclic amines) is 1. The molecule has 0 saturated carbocycles. The van der Waals surface area contributed by atoms with Gasteiger partial charge in [-0.2, -0.15) is 0 Å². The highest BCUT2D eigenvalue weighted by atomic mass is 16.5. The predicted octanol–water partition coefficient (Wildman–Crippen LogP) is 2.20. The molecule has 2 heterocycles. The van der Waals surface area contributed by atoms with E-state index in [0.717, 1.165) is 43.2 Å². The Balaban J connectivity index is 1.33. The number of nitrogens with zero attached hydrogens (tertiary/aromatic N) is 3. The van der Waals surface area contributed by atoms with Crippen molar-refractivity contribution in [2.75, 3.05) is 59.0 Å². The van der Waals surface area contributed by atoms with Gasteiger partial charge in [0.05, 0.1) is 33.8 Å². The third kappa shape index (κ3) is 4.90. The molecule has 2 amide bonds. The number of amides is 2. The second-order valence-corrected chi connectivity index (χ2v) is 8.26. The van der Waals surface area contributed by atoms with Crippen molar-refractivity contribution in [2.24, 2.45) is 0 Å². The fourth-order valence-electron chi connectivity index (χ4n) is 4.55. The molecule has 0 bridgehead atoms. The summed E-state index contributed by atoms with van der Waals surface area (Å²) in [6, 6.07) is 13.3. The topological polar surface area (TPSA) is 71.6 Å². The molecule has 2 aromatic carbocycles. The number of ether oxygens (including phenoxy) is 3. The minimum absolute atomic E-state index is 0.0848. The summed E-state index contributed by atoms with van der Waals surface area (Å²) < 4.78 is 15.9. The van der Waals surface area contributed by atoms with E-state index in [1.165, 1.54) is 4.90 Å². The first-order chi connectivity index (χ1) is 16.0.